The van der Waals surface area contributed by atoms with Crippen molar-refractivity contribution in [1.29, 1.82) is 0 Å². The van der Waals surface area contributed by atoms with Crippen LogP contribution in [0, 0.1) is 0 Å². The van der Waals surface area contributed by atoms with E-state index in [-0.39, 0.29) is 11.9 Å². The van der Waals surface area contributed by atoms with Crippen LogP contribution >= 0.6 is 0 Å². The number of carbonyl (C=O) groups excluding carboxylic acids is 1. The molecule has 0 radical (unpaired) electrons. The highest BCUT2D eigenvalue weighted by molar-refractivity contribution is 5.94. The van der Waals surface area contributed by atoms with Gasteiger partial charge in [0.2, 0.25) is 0 Å². The van der Waals surface area contributed by atoms with Crippen molar-refractivity contribution >= 4 is 5.91 Å². The van der Waals surface area contributed by atoms with E-state index in [0.29, 0.717) is 12.1 Å². The van der Waals surface area contributed by atoms with E-state index in [1.165, 1.54) is 25.7 Å². The standard InChI is InChI=1S/C19H24N2O2/c22-19(16-9-4-3-5-10-16)20-15-17(18-11-8-14-23-18)21-12-6-1-2-7-13-21/h3-5,8-11,14,17H,1-2,6-7,12-13,15H2,(H,20,22). The van der Waals surface area contributed by atoms with Gasteiger partial charge in [-0.05, 0) is 50.2 Å². The summed E-state index contributed by atoms with van der Waals surface area (Å²) in [6.07, 6.45) is 6.71. The average Bonchev–Trinajstić information content (AvgIpc) is 2.99. The highest BCUT2D eigenvalue weighted by Gasteiger charge is 2.24. The number of nitrogens with one attached hydrogen (secondary N) is 1. The Balaban J connectivity index is 1.67. The minimum absolute atomic E-state index is 0.0306. The van der Waals surface area contributed by atoms with Crippen LogP contribution in [0.2, 0.25) is 0 Å². The minimum atomic E-state index is -0.0306. The quantitative estimate of drug-likeness (QED) is 0.917. The van der Waals surface area contributed by atoms with Crippen LogP contribution < -0.4 is 5.32 Å². The van der Waals surface area contributed by atoms with Crippen LogP contribution in [-0.4, -0.2) is 30.4 Å². The number of benzene rings is 1. The molecule has 1 atom stereocenters. The van der Waals surface area contributed by atoms with E-state index >= 15 is 0 Å². The van der Waals surface area contributed by atoms with Crippen molar-refractivity contribution in [3.05, 3.63) is 60.1 Å². The van der Waals surface area contributed by atoms with E-state index in [9.17, 15) is 4.79 Å². The summed E-state index contributed by atoms with van der Waals surface area (Å²) in [5.74, 6) is 0.900. The highest BCUT2D eigenvalue weighted by Crippen LogP contribution is 2.24. The van der Waals surface area contributed by atoms with Gasteiger partial charge in [-0.15, -0.1) is 0 Å². The van der Waals surface area contributed by atoms with Crippen LogP contribution in [0.3, 0.4) is 0 Å². The topological polar surface area (TPSA) is 45.5 Å². The number of nitrogens with zero attached hydrogens (tertiary/aromatic N) is 1. The zero-order valence-corrected chi connectivity index (χ0v) is 13.4. The Morgan fingerprint density at radius 3 is 2.43 bits per heavy atom. The molecule has 1 aliphatic heterocycles. The molecule has 2 aromatic rings. The number of hydrogen-bond donors (Lipinski definition) is 1. The van der Waals surface area contributed by atoms with Gasteiger partial charge in [-0.3, -0.25) is 9.69 Å². The summed E-state index contributed by atoms with van der Waals surface area (Å²) in [5.41, 5.74) is 0.696. The van der Waals surface area contributed by atoms with Crippen LogP contribution in [0.4, 0.5) is 0 Å². The maximum atomic E-state index is 12.3. The second kappa shape index (κ2) is 7.97. The first-order chi connectivity index (χ1) is 11.3. The van der Waals surface area contributed by atoms with E-state index in [4.69, 9.17) is 4.42 Å². The molecule has 1 fully saturated rings. The van der Waals surface area contributed by atoms with Gasteiger partial charge in [-0.25, -0.2) is 0 Å². The molecule has 1 aliphatic rings. The lowest BCUT2D eigenvalue weighted by Crippen LogP contribution is -2.38. The largest absolute Gasteiger partial charge is 0.468 e. The molecular formula is C19H24N2O2. The fourth-order valence-electron chi connectivity index (χ4n) is 3.18. The zero-order valence-electron chi connectivity index (χ0n) is 13.4. The molecule has 0 saturated carbocycles. The SMILES string of the molecule is O=C(NCC(c1ccco1)N1CCCCCC1)c1ccccc1. The Bertz CT molecular complexity index is 587. The predicted molar refractivity (Wildman–Crippen MR) is 90.3 cm³/mol. The Hall–Kier alpha value is -2.07. The fraction of sp³-hybridized carbons (Fsp3) is 0.421. The monoisotopic (exact) mass is 312 g/mol. The fourth-order valence-corrected chi connectivity index (χ4v) is 3.18. The summed E-state index contributed by atoms with van der Waals surface area (Å²) in [5, 5.41) is 3.06. The van der Waals surface area contributed by atoms with Gasteiger partial charge < -0.3 is 9.73 Å². The maximum absolute atomic E-state index is 12.3. The third kappa shape index (κ3) is 4.23. The van der Waals surface area contributed by atoms with Gasteiger partial charge in [0, 0.05) is 12.1 Å². The Morgan fingerprint density at radius 1 is 1.04 bits per heavy atom. The number of hydrogen-bond acceptors (Lipinski definition) is 3. The van der Waals surface area contributed by atoms with Gasteiger partial charge in [0.15, 0.2) is 0 Å². The van der Waals surface area contributed by atoms with Gasteiger partial charge in [-0.1, -0.05) is 31.0 Å². The lowest BCUT2D eigenvalue weighted by molar-refractivity contribution is 0.0927. The van der Waals surface area contributed by atoms with Crippen LogP contribution in [0.25, 0.3) is 0 Å². The molecule has 4 heteroatoms. The molecule has 1 aromatic heterocycles. The third-order valence-electron chi connectivity index (χ3n) is 4.44. The number of amides is 1. The summed E-state index contributed by atoms with van der Waals surface area (Å²) in [4.78, 5) is 14.8. The van der Waals surface area contributed by atoms with Crippen molar-refractivity contribution in [3.8, 4) is 0 Å². The first-order valence-corrected chi connectivity index (χ1v) is 8.45. The van der Waals surface area contributed by atoms with Crippen LogP contribution in [0.15, 0.2) is 53.1 Å². The van der Waals surface area contributed by atoms with Crippen molar-refractivity contribution in [3.63, 3.8) is 0 Å². The Kier molecular flexibility index (Phi) is 5.48. The predicted octanol–water partition coefficient (Wildman–Crippen LogP) is 3.63. The first-order valence-electron chi connectivity index (χ1n) is 8.45. The minimum Gasteiger partial charge on any atom is -0.468 e. The molecular weight excluding hydrogens is 288 g/mol. The van der Waals surface area contributed by atoms with E-state index in [0.717, 1.165) is 18.8 Å². The molecule has 4 nitrogen and oxygen atoms in total. The van der Waals surface area contributed by atoms with E-state index < -0.39 is 0 Å². The number of carbonyl (C=O) groups is 1. The Morgan fingerprint density at radius 2 is 1.78 bits per heavy atom. The van der Waals surface area contributed by atoms with E-state index in [2.05, 4.69) is 10.2 Å². The number of furan rings is 1. The molecule has 1 aromatic carbocycles. The average molecular weight is 312 g/mol. The van der Waals surface area contributed by atoms with Gasteiger partial charge in [0.05, 0.1) is 12.3 Å². The van der Waals surface area contributed by atoms with Crippen molar-refractivity contribution in [2.24, 2.45) is 0 Å². The molecule has 1 unspecified atom stereocenters. The smallest absolute Gasteiger partial charge is 0.251 e. The summed E-state index contributed by atoms with van der Waals surface area (Å²) in [6.45, 7) is 2.69. The molecule has 0 aliphatic carbocycles. The second-order valence-corrected chi connectivity index (χ2v) is 6.06. The summed E-state index contributed by atoms with van der Waals surface area (Å²) in [7, 11) is 0. The van der Waals surface area contributed by atoms with Gasteiger partial charge >= 0.3 is 0 Å². The molecule has 2 heterocycles. The van der Waals surface area contributed by atoms with Crippen molar-refractivity contribution < 1.29 is 9.21 Å². The normalized spacial score (nSPS) is 17.4. The molecule has 0 spiro atoms. The maximum Gasteiger partial charge on any atom is 0.251 e. The van der Waals surface area contributed by atoms with Crippen molar-refractivity contribution in [1.82, 2.24) is 10.2 Å². The Labute approximate surface area is 137 Å². The highest BCUT2D eigenvalue weighted by atomic mass is 16.3. The molecule has 1 amide bonds. The number of likely N-dealkylation sites (tertiary alicyclic amines) is 1. The molecule has 1 saturated heterocycles. The molecule has 1 N–H and O–H groups in total. The van der Waals surface area contributed by atoms with Crippen molar-refractivity contribution in [2.45, 2.75) is 31.7 Å². The second-order valence-electron chi connectivity index (χ2n) is 6.06. The van der Waals surface area contributed by atoms with Crippen molar-refractivity contribution in [2.75, 3.05) is 19.6 Å². The third-order valence-corrected chi connectivity index (χ3v) is 4.44. The molecule has 23 heavy (non-hydrogen) atoms. The van der Waals surface area contributed by atoms with Crippen LogP contribution in [0.1, 0.15) is 47.8 Å². The molecule has 122 valence electrons. The van der Waals surface area contributed by atoms with Crippen LogP contribution in [-0.2, 0) is 0 Å². The summed E-state index contributed by atoms with van der Waals surface area (Å²) in [6, 6.07) is 13.4. The van der Waals surface area contributed by atoms with Gasteiger partial charge in [0.25, 0.3) is 5.91 Å². The zero-order chi connectivity index (χ0) is 15.9. The first kappa shape index (κ1) is 15.8. The number of rotatable bonds is 5. The van der Waals surface area contributed by atoms with Crippen LogP contribution in [0.5, 0.6) is 0 Å². The van der Waals surface area contributed by atoms with E-state index in [1.54, 1.807) is 6.26 Å². The molecule has 0 bridgehead atoms. The van der Waals surface area contributed by atoms with E-state index in [1.807, 2.05) is 42.5 Å². The lowest BCUT2D eigenvalue weighted by Gasteiger charge is -2.29. The lowest BCUT2D eigenvalue weighted by atomic mass is 10.1. The summed E-state index contributed by atoms with van der Waals surface area (Å²) >= 11 is 0. The summed E-state index contributed by atoms with van der Waals surface area (Å²) < 4.78 is 5.63. The van der Waals surface area contributed by atoms with Gasteiger partial charge in [0.1, 0.15) is 5.76 Å². The molecule has 3 rings (SSSR count). The van der Waals surface area contributed by atoms with Gasteiger partial charge in [-0.2, -0.15) is 0 Å².